The number of nitrogens with zero attached hydrogens (tertiary/aromatic N) is 3. The van der Waals surface area contributed by atoms with Crippen LogP contribution >= 0.6 is 0 Å². The molecule has 0 saturated carbocycles. The number of aliphatic hydroxyl groups is 1. The van der Waals surface area contributed by atoms with E-state index in [0.29, 0.717) is 45.3 Å². The van der Waals surface area contributed by atoms with Gasteiger partial charge in [0.1, 0.15) is 0 Å². The summed E-state index contributed by atoms with van der Waals surface area (Å²) in [6, 6.07) is -0.419. The van der Waals surface area contributed by atoms with Crippen molar-refractivity contribution in [1.29, 1.82) is 0 Å². The third kappa shape index (κ3) is 5.85. The predicted octanol–water partition coefficient (Wildman–Crippen LogP) is 0.793. The summed E-state index contributed by atoms with van der Waals surface area (Å²) in [6.07, 6.45) is 1.89. The summed E-state index contributed by atoms with van der Waals surface area (Å²) in [4.78, 5) is 40.3. The molecule has 0 aromatic heterocycles. The largest absolute Gasteiger partial charge is 0.388 e. The minimum Gasteiger partial charge on any atom is -0.388 e. The second kappa shape index (κ2) is 8.91. The molecule has 0 bridgehead atoms. The van der Waals surface area contributed by atoms with Crippen LogP contribution in [0.3, 0.4) is 0 Å². The lowest BCUT2D eigenvalue weighted by atomic mass is 9.93. The fourth-order valence-electron chi connectivity index (χ4n) is 4.27. The number of halogens is 2. The van der Waals surface area contributed by atoms with Gasteiger partial charge in [-0.2, -0.15) is 0 Å². The van der Waals surface area contributed by atoms with E-state index >= 15 is 0 Å². The Balaban J connectivity index is 1.42. The number of carbonyl (C=O) groups is 3. The summed E-state index contributed by atoms with van der Waals surface area (Å²) >= 11 is 0. The lowest BCUT2D eigenvalue weighted by molar-refractivity contribution is -0.132. The van der Waals surface area contributed by atoms with E-state index in [4.69, 9.17) is 0 Å². The first-order chi connectivity index (χ1) is 13.7. The number of carbonyl (C=O) groups excluding carboxylic acids is 3. The maximum Gasteiger partial charge on any atom is 0.324 e. The standard InChI is InChI=1S/C19H30F2N4O4/c20-19(21)6-10-23(11-7-19)14-18(29)4-2-8-24(12-5-18)15(26)3-1-9-25-16(27)13-22-17(25)28/h29H,1-14H2,(H,22,28). The Hall–Kier alpha value is -1.81. The number of piperidine rings is 1. The summed E-state index contributed by atoms with van der Waals surface area (Å²) in [5, 5.41) is 13.4. The average molecular weight is 416 g/mol. The third-order valence-electron chi connectivity index (χ3n) is 6.08. The van der Waals surface area contributed by atoms with Gasteiger partial charge in [-0.25, -0.2) is 13.6 Å². The minimum atomic E-state index is -2.61. The summed E-state index contributed by atoms with van der Waals surface area (Å²) in [7, 11) is 0. The van der Waals surface area contributed by atoms with Gasteiger partial charge >= 0.3 is 6.03 Å². The van der Waals surface area contributed by atoms with Crippen LogP contribution in [0.5, 0.6) is 0 Å². The van der Waals surface area contributed by atoms with Gasteiger partial charge in [-0.3, -0.25) is 14.5 Å². The van der Waals surface area contributed by atoms with E-state index in [0.717, 1.165) is 4.90 Å². The van der Waals surface area contributed by atoms with E-state index in [1.54, 1.807) is 4.90 Å². The molecule has 1 unspecified atom stereocenters. The van der Waals surface area contributed by atoms with Gasteiger partial charge < -0.3 is 20.2 Å². The second-order valence-electron chi connectivity index (χ2n) is 8.40. The first kappa shape index (κ1) is 21.9. The van der Waals surface area contributed by atoms with Crippen LogP contribution in [0.25, 0.3) is 0 Å². The average Bonchev–Trinajstić information content (AvgIpc) is 2.86. The number of rotatable bonds is 6. The summed E-state index contributed by atoms with van der Waals surface area (Å²) in [6.45, 7) is 2.10. The Morgan fingerprint density at radius 3 is 2.45 bits per heavy atom. The zero-order valence-electron chi connectivity index (χ0n) is 16.7. The molecule has 3 aliphatic heterocycles. The van der Waals surface area contributed by atoms with Gasteiger partial charge in [-0.15, -0.1) is 0 Å². The van der Waals surface area contributed by atoms with Crippen LogP contribution in [0, 0.1) is 0 Å². The molecule has 3 fully saturated rings. The molecule has 0 spiro atoms. The van der Waals surface area contributed by atoms with E-state index in [1.165, 1.54) is 0 Å². The molecule has 3 saturated heterocycles. The van der Waals surface area contributed by atoms with Crippen LogP contribution in [0.2, 0.25) is 0 Å². The number of β-amino-alcohol motifs (C(OH)–C–C–N with tert-alkyl or cyclic N) is 1. The number of alkyl halides is 2. The van der Waals surface area contributed by atoms with Gasteiger partial charge in [0.2, 0.25) is 11.8 Å². The molecule has 0 aromatic carbocycles. The Morgan fingerprint density at radius 2 is 1.79 bits per heavy atom. The Morgan fingerprint density at radius 1 is 1.07 bits per heavy atom. The third-order valence-corrected chi connectivity index (χ3v) is 6.08. The van der Waals surface area contributed by atoms with E-state index in [1.807, 2.05) is 4.90 Å². The molecule has 3 aliphatic rings. The first-order valence-electron chi connectivity index (χ1n) is 10.4. The predicted molar refractivity (Wildman–Crippen MR) is 100 cm³/mol. The van der Waals surface area contributed by atoms with Gasteiger partial charge in [0.05, 0.1) is 12.1 Å². The maximum absolute atomic E-state index is 13.3. The van der Waals surface area contributed by atoms with Gasteiger partial charge in [0, 0.05) is 58.5 Å². The number of hydrogen-bond donors (Lipinski definition) is 2. The molecule has 0 radical (unpaired) electrons. The van der Waals surface area contributed by atoms with E-state index in [9.17, 15) is 28.3 Å². The number of imide groups is 1. The van der Waals surface area contributed by atoms with E-state index < -0.39 is 17.6 Å². The van der Waals surface area contributed by atoms with Gasteiger partial charge in [0.25, 0.3) is 5.92 Å². The Bertz CT molecular complexity index is 622. The monoisotopic (exact) mass is 416 g/mol. The molecule has 4 amide bonds. The van der Waals surface area contributed by atoms with Crippen molar-refractivity contribution in [3.8, 4) is 0 Å². The highest BCUT2D eigenvalue weighted by molar-refractivity contribution is 6.01. The number of hydrogen-bond acceptors (Lipinski definition) is 5. The summed E-state index contributed by atoms with van der Waals surface area (Å²) in [5.41, 5.74) is -0.971. The fraction of sp³-hybridized carbons (Fsp3) is 0.842. The highest BCUT2D eigenvalue weighted by atomic mass is 19.3. The van der Waals surface area contributed by atoms with Crippen LogP contribution in [0.15, 0.2) is 0 Å². The van der Waals surface area contributed by atoms with Crippen molar-refractivity contribution in [2.75, 3.05) is 45.8 Å². The lowest BCUT2D eigenvalue weighted by Crippen LogP contribution is -2.48. The number of urea groups is 1. The zero-order chi connectivity index (χ0) is 21.1. The first-order valence-corrected chi connectivity index (χ1v) is 10.4. The molecule has 164 valence electrons. The van der Waals surface area contributed by atoms with Gasteiger partial charge in [-0.1, -0.05) is 0 Å². The molecule has 0 aromatic rings. The normalized spacial score (nSPS) is 28.4. The molecular formula is C19H30F2N4O4. The molecule has 3 rings (SSSR count). The molecule has 3 heterocycles. The minimum absolute atomic E-state index is 0.00610. The fourth-order valence-corrected chi connectivity index (χ4v) is 4.27. The molecule has 1 atom stereocenters. The van der Waals surface area contributed by atoms with Crippen molar-refractivity contribution >= 4 is 17.8 Å². The van der Waals surface area contributed by atoms with Gasteiger partial charge in [0.15, 0.2) is 0 Å². The number of amides is 4. The number of likely N-dealkylation sites (tertiary alicyclic amines) is 2. The number of nitrogens with one attached hydrogen (secondary N) is 1. The van der Waals surface area contributed by atoms with Crippen molar-refractivity contribution in [2.45, 2.75) is 56.5 Å². The molecule has 8 nitrogen and oxygen atoms in total. The molecule has 29 heavy (non-hydrogen) atoms. The van der Waals surface area contributed by atoms with Gasteiger partial charge in [-0.05, 0) is 25.7 Å². The molecule has 10 heteroatoms. The van der Waals surface area contributed by atoms with Crippen LogP contribution in [-0.2, 0) is 9.59 Å². The zero-order valence-corrected chi connectivity index (χ0v) is 16.7. The molecule has 0 aliphatic carbocycles. The van der Waals surface area contributed by atoms with Crippen molar-refractivity contribution in [3.63, 3.8) is 0 Å². The quantitative estimate of drug-likeness (QED) is 0.625. The van der Waals surface area contributed by atoms with E-state index in [2.05, 4.69) is 5.32 Å². The van der Waals surface area contributed by atoms with Crippen molar-refractivity contribution in [3.05, 3.63) is 0 Å². The maximum atomic E-state index is 13.3. The van der Waals surface area contributed by atoms with Crippen LogP contribution in [0.4, 0.5) is 13.6 Å². The van der Waals surface area contributed by atoms with E-state index in [-0.39, 0.29) is 57.3 Å². The van der Waals surface area contributed by atoms with Crippen LogP contribution in [-0.4, -0.2) is 95.0 Å². The highest BCUT2D eigenvalue weighted by Gasteiger charge is 2.38. The molecular weight excluding hydrogens is 386 g/mol. The van der Waals surface area contributed by atoms with Crippen LogP contribution in [0.1, 0.15) is 44.9 Å². The van der Waals surface area contributed by atoms with Crippen LogP contribution < -0.4 is 5.32 Å². The lowest BCUT2D eigenvalue weighted by Gasteiger charge is -2.37. The molecule has 2 N–H and O–H groups in total. The Labute approximate surface area is 169 Å². The Kier molecular flexibility index (Phi) is 6.72. The SMILES string of the molecule is O=C(CCCN1C(=O)CNC1=O)N1CCCC(O)(CN2CCC(F)(F)CC2)CC1. The highest BCUT2D eigenvalue weighted by Crippen LogP contribution is 2.30. The topological polar surface area (TPSA) is 93.2 Å². The smallest absolute Gasteiger partial charge is 0.324 e. The van der Waals surface area contributed by atoms with Crippen molar-refractivity contribution < 1.29 is 28.3 Å². The van der Waals surface area contributed by atoms with Crippen molar-refractivity contribution in [1.82, 2.24) is 20.0 Å². The van der Waals surface area contributed by atoms with Crippen molar-refractivity contribution in [2.24, 2.45) is 0 Å². The summed E-state index contributed by atoms with van der Waals surface area (Å²) < 4.78 is 26.6. The second-order valence-corrected chi connectivity index (χ2v) is 8.40. The summed E-state index contributed by atoms with van der Waals surface area (Å²) in [5.74, 6) is -2.94.